The van der Waals surface area contributed by atoms with Gasteiger partial charge in [-0.2, -0.15) is 0 Å². The maximum absolute atomic E-state index is 11.3. The van der Waals surface area contributed by atoms with Gasteiger partial charge in [-0.25, -0.2) is 0 Å². The number of benzene rings is 3. The molecule has 1 radical (unpaired) electrons. The van der Waals surface area contributed by atoms with E-state index in [1.54, 1.807) is 0 Å². The molecule has 1 aromatic heterocycles. The maximum atomic E-state index is 11.3. The van der Waals surface area contributed by atoms with Gasteiger partial charge >= 0.3 is 0 Å². The van der Waals surface area contributed by atoms with E-state index in [0.29, 0.717) is 0 Å². The van der Waals surface area contributed by atoms with Crippen LogP contribution in [-0.4, -0.2) is 23.9 Å². The molecule has 0 aliphatic rings. The standard InChI is InChI=1S/C26H26NSi.C10H18O2.Ir/c1-18-13-19(2)15-22(14-18)26-24(20-9-7-6-8-10-20)17-21-16-23(28(3,4)5)11-12-25(21)27-26;1-7(2)8(11)6-9(12)10(3,4)5;/h6-14,16-17H,1-5H3;6-7,11H,1-5H3;/q-1;;/b;8-6-;. The number of pyridine rings is 1. The summed E-state index contributed by atoms with van der Waals surface area (Å²) in [7, 11) is -1.37. The molecule has 0 saturated carbocycles. The third kappa shape index (κ3) is 9.33. The average molecular weight is 743 g/mol. The van der Waals surface area contributed by atoms with E-state index < -0.39 is 13.5 Å². The van der Waals surface area contributed by atoms with Gasteiger partial charge in [0.2, 0.25) is 0 Å². The van der Waals surface area contributed by atoms with Gasteiger partial charge in [-0.05, 0) is 28.3 Å². The molecule has 0 aliphatic heterocycles. The molecular weight excluding hydrogens is 699 g/mol. The van der Waals surface area contributed by atoms with Gasteiger partial charge in [0.05, 0.1) is 19.3 Å². The molecule has 4 rings (SSSR count). The summed E-state index contributed by atoms with van der Waals surface area (Å²) in [6.07, 6.45) is 1.32. The van der Waals surface area contributed by atoms with Gasteiger partial charge in [0.15, 0.2) is 5.78 Å². The molecule has 0 fully saturated rings. The van der Waals surface area contributed by atoms with E-state index in [1.165, 1.54) is 33.3 Å². The van der Waals surface area contributed by atoms with Crippen molar-refractivity contribution in [2.45, 2.75) is 68.1 Å². The van der Waals surface area contributed by atoms with Crippen molar-refractivity contribution >= 4 is 29.9 Å². The first-order valence-electron chi connectivity index (χ1n) is 14.0. The van der Waals surface area contributed by atoms with Crippen LogP contribution in [0.15, 0.2) is 78.6 Å². The first kappa shape index (κ1) is 34.3. The number of aliphatic hydroxyl groups is 1. The molecule has 0 spiro atoms. The first-order chi connectivity index (χ1) is 18.6. The summed E-state index contributed by atoms with van der Waals surface area (Å²) < 4.78 is 0. The van der Waals surface area contributed by atoms with Crippen LogP contribution < -0.4 is 5.19 Å². The van der Waals surface area contributed by atoms with Gasteiger partial charge in [-0.15, -0.1) is 34.9 Å². The van der Waals surface area contributed by atoms with Crippen molar-refractivity contribution in [2.75, 3.05) is 0 Å². The minimum absolute atomic E-state index is 0. The minimum atomic E-state index is -1.37. The van der Waals surface area contributed by atoms with Crippen molar-refractivity contribution in [3.63, 3.8) is 0 Å². The summed E-state index contributed by atoms with van der Waals surface area (Å²) in [5.74, 6) is 0.153. The summed E-state index contributed by atoms with van der Waals surface area (Å²) in [6, 6.07) is 27.5. The molecule has 219 valence electrons. The van der Waals surface area contributed by atoms with Crippen LogP contribution in [0.2, 0.25) is 19.6 Å². The minimum Gasteiger partial charge on any atom is -0.512 e. The molecule has 1 N–H and O–H groups in total. The van der Waals surface area contributed by atoms with Crippen molar-refractivity contribution in [2.24, 2.45) is 11.3 Å². The quantitative estimate of drug-likeness (QED) is 0.0961. The molecule has 3 aromatic carbocycles. The number of fused-ring (bicyclic) bond motifs is 1. The zero-order valence-electron chi connectivity index (χ0n) is 26.1. The molecule has 0 amide bonds. The summed E-state index contributed by atoms with van der Waals surface area (Å²) in [5, 5.41) is 12.0. The smallest absolute Gasteiger partial charge is 0.164 e. The van der Waals surface area contributed by atoms with Gasteiger partial charge in [0.25, 0.3) is 0 Å². The zero-order valence-corrected chi connectivity index (χ0v) is 29.5. The van der Waals surface area contributed by atoms with Gasteiger partial charge in [0, 0.05) is 37.5 Å². The Morgan fingerprint density at radius 3 is 2.12 bits per heavy atom. The molecule has 4 aromatic rings. The predicted octanol–water partition coefficient (Wildman–Crippen LogP) is 9.23. The number of aryl methyl sites for hydroxylation is 2. The number of ketones is 1. The number of aromatic nitrogens is 1. The Bertz CT molecular complexity index is 1510. The van der Waals surface area contributed by atoms with Gasteiger partial charge in [-0.1, -0.05) is 122 Å². The van der Waals surface area contributed by atoms with E-state index in [0.717, 1.165) is 22.3 Å². The summed E-state index contributed by atoms with van der Waals surface area (Å²) in [5.41, 5.74) is 7.46. The molecule has 1 heterocycles. The third-order valence-corrected chi connectivity index (χ3v) is 8.82. The van der Waals surface area contributed by atoms with E-state index in [-0.39, 0.29) is 37.6 Å². The monoisotopic (exact) mass is 743 g/mol. The topological polar surface area (TPSA) is 50.2 Å². The first-order valence-corrected chi connectivity index (χ1v) is 17.5. The molecule has 3 nitrogen and oxygen atoms in total. The SMILES string of the molecule is CC(C)/C(O)=C/C(=O)C(C)(C)C.Cc1[c-]c(-c2nc3ccc([Si](C)(C)C)cc3cc2-c2ccccc2)cc(C)c1.[Ir]. The van der Waals surface area contributed by atoms with Gasteiger partial charge in [-0.3, -0.25) is 9.78 Å². The van der Waals surface area contributed by atoms with E-state index in [2.05, 4.69) is 106 Å². The van der Waals surface area contributed by atoms with Crippen LogP contribution in [0.25, 0.3) is 33.3 Å². The second-order valence-electron chi connectivity index (χ2n) is 13.0. The van der Waals surface area contributed by atoms with Crippen molar-refractivity contribution in [1.82, 2.24) is 4.98 Å². The van der Waals surface area contributed by atoms with E-state index >= 15 is 0 Å². The Labute approximate surface area is 261 Å². The number of rotatable bonds is 5. The van der Waals surface area contributed by atoms with E-state index in [1.807, 2.05) is 34.6 Å². The Morgan fingerprint density at radius 1 is 0.951 bits per heavy atom. The number of aliphatic hydroxyl groups excluding tert-OH is 1. The fraction of sp³-hybridized carbons (Fsp3) is 0.333. The zero-order chi connectivity index (χ0) is 29.8. The number of hydrogen-bond donors (Lipinski definition) is 1. The second kappa shape index (κ2) is 13.9. The Morgan fingerprint density at radius 2 is 1.59 bits per heavy atom. The Kier molecular flexibility index (Phi) is 11.6. The molecule has 0 aliphatic carbocycles. The Hall–Kier alpha value is -2.85. The molecule has 41 heavy (non-hydrogen) atoms. The fourth-order valence-electron chi connectivity index (χ4n) is 4.23. The van der Waals surface area contributed by atoms with Crippen LogP contribution in [0, 0.1) is 31.2 Å². The molecule has 0 unspecified atom stereocenters. The number of carbonyl (C=O) groups is 1. The molecule has 0 bridgehead atoms. The second-order valence-corrected chi connectivity index (χ2v) is 18.1. The molecule has 5 heteroatoms. The fourth-order valence-corrected chi connectivity index (χ4v) is 5.40. The largest absolute Gasteiger partial charge is 0.512 e. The summed E-state index contributed by atoms with van der Waals surface area (Å²) in [4.78, 5) is 16.5. The number of hydrogen-bond acceptors (Lipinski definition) is 3. The normalized spacial score (nSPS) is 12.0. The van der Waals surface area contributed by atoms with Gasteiger partial charge < -0.3 is 5.11 Å². The van der Waals surface area contributed by atoms with Crippen LogP contribution in [0.5, 0.6) is 0 Å². The number of carbonyl (C=O) groups excluding carboxylic acids is 1. The van der Waals surface area contributed by atoms with Gasteiger partial charge in [0.1, 0.15) is 0 Å². The van der Waals surface area contributed by atoms with Crippen molar-refractivity contribution in [3.05, 3.63) is 95.8 Å². The Balaban J connectivity index is 0.000000387. The number of allylic oxidation sites excluding steroid dienone is 2. The third-order valence-electron chi connectivity index (χ3n) is 6.78. The van der Waals surface area contributed by atoms with E-state index in [9.17, 15) is 9.90 Å². The van der Waals surface area contributed by atoms with Crippen molar-refractivity contribution < 1.29 is 30.0 Å². The molecular formula is C36H44IrNO2Si-. The van der Waals surface area contributed by atoms with Crippen LogP contribution in [0.1, 0.15) is 45.7 Å². The molecule has 0 saturated heterocycles. The van der Waals surface area contributed by atoms with Crippen LogP contribution in [0.3, 0.4) is 0 Å². The number of nitrogens with zero attached hydrogens (tertiary/aromatic N) is 1. The molecule has 0 atom stereocenters. The predicted molar refractivity (Wildman–Crippen MR) is 174 cm³/mol. The maximum Gasteiger partial charge on any atom is 0.164 e. The van der Waals surface area contributed by atoms with Crippen molar-refractivity contribution in [3.8, 4) is 22.4 Å². The van der Waals surface area contributed by atoms with Crippen LogP contribution >= 0.6 is 0 Å². The summed E-state index contributed by atoms with van der Waals surface area (Å²) in [6.45, 7) is 20.6. The van der Waals surface area contributed by atoms with Crippen molar-refractivity contribution in [1.29, 1.82) is 0 Å². The summed E-state index contributed by atoms with van der Waals surface area (Å²) >= 11 is 0. The van der Waals surface area contributed by atoms with Crippen LogP contribution in [-0.2, 0) is 24.9 Å². The van der Waals surface area contributed by atoms with E-state index in [4.69, 9.17) is 4.98 Å². The van der Waals surface area contributed by atoms with Crippen LogP contribution in [0.4, 0.5) is 0 Å². The average Bonchev–Trinajstić information content (AvgIpc) is 2.86.